The van der Waals surface area contributed by atoms with Crippen molar-refractivity contribution in [2.45, 2.75) is 226 Å². The molecule has 0 aromatic carbocycles. The van der Waals surface area contributed by atoms with Crippen LogP contribution in [0, 0.1) is 0 Å². The fourth-order valence-corrected chi connectivity index (χ4v) is 6.48. The van der Waals surface area contributed by atoms with E-state index in [0.717, 1.165) is 0 Å². The van der Waals surface area contributed by atoms with Gasteiger partial charge >= 0.3 is 0 Å². The lowest BCUT2D eigenvalue weighted by atomic mass is 9.85. The van der Waals surface area contributed by atoms with Gasteiger partial charge in [0, 0.05) is 11.1 Å². The van der Waals surface area contributed by atoms with Crippen molar-refractivity contribution < 1.29 is 0 Å². The fraction of sp³-hybridized carbons (Fsp3) is 1.00. The Morgan fingerprint density at radius 1 is 0.324 bits per heavy atom. The van der Waals surface area contributed by atoms with E-state index in [1.807, 2.05) is 0 Å². The Morgan fingerprint density at radius 2 is 0.568 bits per heavy atom. The maximum Gasteiger partial charge on any atom is 0.0158 e. The van der Waals surface area contributed by atoms with Crippen molar-refractivity contribution >= 4 is 0 Å². The van der Waals surface area contributed by atoms with Gasteiger partial charge in [0.25, 0.3) is 0 Å². The van der Waals surface area contributed by atoms with Gasteiger partial charge in [-0.3, -0.25) is 4.90 Å². The van der Waals surface area contributed by atoms with Gasteiger partial charge in [0.2, 0.25) is 0 Å². The van der Waals surface area contributed by atoms with Crippen LogP contribution in [-0.4, -0.2) is 22.5 Å². The van der Waals surface area contributed by atoms with E-state index in [4.69, 9.17) is 0 Å². The zero-order valence-electron chi connectivity index (χ0n) is 27.5. The van der Waals surface area contributed by atoms with Crippen molar-refractivity contribution in [3.8, 4) is 0 Å². The first-order chi connectivity index (χ1) is 17.8. The van der Waals surface area contributed by atoms with E-state index < -0.39 is 0 Å². The molecule has 0 aromatic rings. The topological polar surface area (TPSA) is 3.24 Å². The second-order valence-corrected chi connectivity index (χ2v) is 13.7. The van der Waals surface area contributed by atoms with Crippen LogP contribution >= 0.6 is 0 Å². The molecular weight excluding hydrogens is 446 g/mol. The molecule has 37 heavy (non-hydrogen) atoms. The molecule has 0 N–H and O–H groups in total. The predicted molar refractivity (Wildman–Crippen MR) is 172 cm³/mol. The van der Waals surface area contributed by atoms with Crippen LogP contribution < -0.4 is 0 Å². The summed E-state index contributed by atoms with van der Waals surface area (Å²) in [5.74, 6) is 0. The molecule has 0 heterocycles. The first kappa shape index (κ1) is 37.0. The zero-order chi connectivity index (χ0) is 27.7. The van der Waals surface area contributed by atoms with Gasteiger partial charge in [-0.2, -0.15) is 0 Å². The molecule has 224 valence electrons. The fourth-order valence-electron chi connectivity index (χ4n) is 6.48. The molecule has 0 aromatic heterocycles. The molecule has 0 spiro atoms. The lowest BCUT2D eigenvalue weighted by molar-refractivity contribution is 0.00151. The van der Waals surface area contributed by atoms with Gasteiger partial charge in [-0.1, -0.05) is 168 Å². The maximum absolute atomic E-state index is 2.95. The highest BCUT2D eigenvalue weighted by molar-refractivity contribution is 4.92. The van der Waals surface area contributed by atoms with Crippen LogP contribution in [0.15, 0.2) is 0 Å². The van der Waals surface area contributed by atoms with Crippen LogP contribution in [0.3, 0.4) is 0 Å². The summed E-state index contributed by atoms with van der Waals surface area (Å²) in [7, 11) is 0. The normalized spacial score (nSPS) is 12.6. The highest BCUT2D eigenvalue weighted by Crippen LogP contribution is 2.34. The Bertz CT molecular complexity index is 418. The molecule has 0 saturated carbocycles. The molecule has 0 aliphatic heterocycles. The molecule has 0 atom stereocenters. The van der Waals surface area contributed by atoms with Gasteiger partial charge in [-0.15, -0.1) is 0 Å². The summed E-state index contributed by atoms with van der Waals surface area (Å²) in [6.07, 6.45) is 36.9. The summed E-state index contributed by atoms with van der Waals surface area (Å²) in [5.41, 5.74) is 0.626. The summed E-state index contributed by atoms with van der Waals surface area (Å²) in [6.45, 7) is 18.5. The Hall–Kier alpha value is -0.0400. The predicted octanol–water partition coefficient (Wildman–Crippen LogP) is 13.0. The standard InChI is InChI=1S/C36H75N/c1-8-11-14-17-20-22-24-26-29-32-35(4,5)37(34-31-28-19-16-13-10-3)36(6,7)33-30-27-25-23-21-18-15-12-9-2/h8-34H2,1-7H3. The van der Waals surface area contributed by atoms with Crippen molar-refractivity contribution in [1.29, 1.82) is 0 Å². The van der Waals surface area contributed by atoms with Gasteiger partial charge < -0.3 is 0 Å². The number of hydrogen-bond donors (Lipinski definition) is 0. The highest BCUT2D eigenvalue weighted by atomic mass is 15.2. The third-order valence-electron chi connectivity index (χ3n) is 8.98. The molecule has 0 radical (unpaired) electrons. The van der Waals surface area contributed by atoms with Crippen LogP contribution in [-0.2, 0) is 0 Å². The van der Waals surface area contributed by atoms with Crippen LogP contribution in [0.1, 0.15) is 215 Å². The second-order valence-electron chi connectivity index (χ2n) is 13.7. The van der Waals surface area contributed by atoms with Gasteiger partial charge in [0.05, 0.1) is 0 Å². The highest BCUT2D eigenvalue weighted by Gasteiger charge is 2.36. The van der Waals surface area contributed by atoms with Crippen molar-refractivity contribution in [2.24, 2.45) is 0 Å². The minimum absolute atomic E-state index is 0.313. The number of unbranched alkanes of at least 4 members (excludes halogenated alkanes) is 21. The van der Waals surface area contributed by atoms with Crippen molar-refractivity contribution in [1.82, 2.24) is 4.90 Å². The Kier molecular flexibility index (Phi) is 24.9. The van der Waals surface area contributed by atoms with Crippen molar-refractivity contribution in [3.63, 3.8) is 0 Å². The second kappa shape index (κ2) is 25.0. The van der Waals surface area contributed by atoms with E-state index in [-0.39, 0.29) is 0 Å². The molecule has 0 aliphatic rings. The Balaban J connectivity index is 4.57. The summed E-state index contributed by atoms with van der Waals surface area (Å²) < 4.78 is 0. The maximum atomic E-state index is 2.95. The molecule has 0 amide bonds. The molecule has 0 rings (SSSR count). The van der Waals surface area contributed by atoms with Gasteiger partial charge in [0.15, 0.2) is 0 Å². The largest absolute Gasteiger partial charge is 0.293 e. The zero-order valence-corrected chi connectivity index (χ0v) is 27.5. The van der Waals surface area contributed by atoms with Crippen LogP contribution in [0.25, 0.3) is 0 Å². The smallest absolute Gasteiger partial charge is 0.0158 e. The van der Waals surface area contributed by atoms with Crippen molar-refractivity contribution in [3.05, 3.63) is 0 Å². The lowest BCUT2D eigenvalue weighted by Crippen LogP contribution is -2.55. The summed E-state index contributed by atoms with van der Waals surface area (Å²) in [4.78, 5) is 2.95. The molecule has 0 saturated heterocycles. The average Bonchev–Trinajstić information content (AvgIpc) is 2.86. The van der Waals surface area contributed by atoms with Crippen molar-refractivity contribution in [2.75, 3.05) is 6.54 Å². The molecule has 0 aliphatic carbocycles. The third kappa shape index (κ3) is 21.5. The van der Waals surface area contributed by atoms with Gasteiger partial charge in [0.1, 0.15) is 0 Å². The average molecular weight is 522 g/mol. The molecule has 0 bridgehead atoms. The van der Waals surface area contributed by atoms with Gasteiger partial charge in [-0.05, 0) is 53.5 Å². The lowest BCUT2D eigenvalue weighted by Gasteiger charge is -2.49. The summed E-state index contributed by atoms with van der Waals surface area (Å²) in [5, 5.41) is 0. The Morgan fingerprint density at radius 3 is 0.865 bits per heavy atom. The minimum Gasteiger partial charge on any atom is -0.293 e. The molecular formula is C36H75N. The first-order valence-corrected chi connectivity index (χ1v) is 17.6. The third-order valence-corrected chi connectivity index (χ3v) is 8.98. The van der Waals surface area contributed by atoms with E-state index in [1.165, 1.54) is 173 Å². The van der Waals surface area contributed by atoms with Crippen LogP contribution in [0.2, 0.25) is 0 Å². The SMILES string of the molecule is CCCCCCCCCCCC(C)(C)N(CCCCCCCC)C(C)(C)CCCCCCCCCCC. The number of nitrogens with zero attached hydrogens (tertiary/aromatic N) is 1. The van der Waals surface area contributed by atoms with Crippen LogP contribution in [0.4, 0.5) is 0 Å². The number of rotatable bonds is 29. The minimum atomic E-state index is 0.313. The van der Waals surface area contributed by atoms with E-state index in [2.05, 4.69) is 53.4 Å². The van der Waals surface area contributed by atoms with E-state index in [0.29, 0.717) is 11.1 Å². The van der Waals surface area contributed by atoms with Crippen LogP contribution in [0.5, 0.6) is 0 Å². The van der Waals surface area contributed by atoms with Gasteiger partial charge in [-0.25, -0.2) is 0 Å². The quantitative estimate of drug-likeness (QED) is 0.0884. The van der Waals surface area contributed by atoms with E-state index >= 15 is 0 Å². The Labute approximate surface area is 237 Å². The van der Waals surface area contributed by atoms with E-state index in [1.54, 1.807) is 0 Å². The summed E-state index contributed by atoms with van der Waals surface area (Å²) >= 11 is 0. The molecule has 0 unspecified atom stereocenters. The monoisotopic (exact) mass is 522 g/mol. The molecule has 0 fully saturated rings. The first-order valence-electron chi connectivity index (χ1n) is 17.6. The molecule has 1 nitrogen and oxygen atoms in total. The number of hydrogen-bond acceptors (Lipinski definition) is 1. The van der Waals surface area contributed by atoms with E-state index in [9.17, 15) is 0 Å². The summed E-state index contributed by atoms with van der Waals surface area (Å²) in [6, 6.07) is 0. The molecule has 1 heteroatoms.